The minimum atomic E-state index is -1.97. The van der Waals surface area contributed by atoms with Crippen LogP contribution in [-0.2, 0) is 11.0 Å². The maximum absolute atomic E-state index is 11.4. The van der Waals surface area contributed by atoms with Gasteiger partial charge < -0.3 is 19.5 Å². The first kappa shape index (κ1) is 25.7. The standard InChI is InChI=1S/C27H37N3O3Si/c1-27(2,3)34(4,5)33-24(18-30-19-25(26(28)31)29-20-30)12-9-17-32-23-15-13-22(14-16-23)21-10-7-6-8-11-21/h6-8,10-11,13-16,19-20,24H,9,12,17-18H2,1-5H3,(H2,28,31). The Bertz CT molecular complexity index is 1060. The molecule has 0 aliphatic rings. The summed E-state index contributed by atoms with van der Waals surface area (Å²) in [6.07, 6.45) is 5.04. The van der Waals surface area contributed by atoms with Crippen LogP contribution in [0.4, 0.5) is 0 Å². The average Bonchev–Trinajstić information content (AvgIpc) is 3.25. The number of hydrogen-bond donors (Lipinski definition) is 1. The smallest absolute Gasteiger partial charge is 0.268 e. The topological polar surface area (TPSA) is 79.4 Å². The molecule has 0 aliphatic heterocycles. The van der Waals surface area contributed by atoms with E-state index in [0.29, 0.717) is 13.2 Å². The van der Waals surface area contributed by atoms with Gasteiger partial charge in [0.25, 0.3) is 5.91 Å². The lowest BCUT2D eigenvalue weighted by Crippen LogP contribution is -2.45. The number of nitrogens with two attached hydrogens (primary N) is 1. The van der Waals surface area contributed by atoms with Crippen molar-refractivity contribution in [3.05, 3.63) is 72.8 Å². The summed E-state index contributed by atoms with van der Waals surface area (Å²) in [6, 6.07) is 18.5. The summed E-state index contributed by atoms with van der Waals surface area (Å²) in [5, 5.41) is 0.107. The number of rotatable bonds is 11. The summed E-state index contributed by atoms with van der Waals surface area (Å²) in [5.41, 5.74) is 7.99. The van der Waals surface area contributed by atoms with Crippen molar-refractivity contribution < 1.29 is 14.0 Å². The van der Waals surface area contributed by atoms with E-state index >= 15 is 0 Å². The van der Waals surface area contributed by atoms with Crippen molar-refractivity contribution >= 4 is 14.2 Å². The first-order valence-electron chi connectivity index (χ1n) is 11.8. The summed E-state index contributed by atoms with van der Waals surface area (Å²) in [6.45, 7) is 12.5. The van der Waals surface area contributed by atoms with Crippen molar-refractivity contribution in [2.24, 2.45) is 5.73 Å². The predicted molar refractivity (Wildman–Crippen MR) is 139 cm³/mol. The fourth-order valence-electron chi connectivity index (χ4n) is 3.48. The highest BCUT2D eigenvalue weighted by molar-refractivity contribution is 6.74. The molecular weight excluding hydrogens is 442 g/mol. The second kappa shape index (κ2) is 11.0. The summed E-state index contributed by atoms with van der Waals surface area (Å²) in [7, 11) is -1.97. The Labute approximate surface area is 204 Å². The molecule has 0 fully saturated rings. The van der Waals surface area contributed by atoms with Gasteiger partial charge in [0.15, 0.2) is 8.32 Å². The van der Waals surface area contributed by atoms with E-state index in [1.165, 1.54) is 11.1 Å². The van der Waals surface area contributed by atoms with Gasteiger partial charge in [-0.05, 0) is 54.2 Å². The van der Waals surface area contributed by atoms with Crippen LogP contribution in [0.3, 0.4) is 0 Å². The van der Waals surface area contributed by atoms with E-state index in [1.807, 2.05) is 34.9 Å². The van der Waals surface area contributed by atoms with E-state index in [9.17, 15) is 4.79 Å². The van der Waals surface area contributed by atoms with Crippen LogP contribution in [-0.4, -0.2) is 36.5 Å². The van der Waals surface area contributed by atoms with Gasteiger partial charge in [-0.25, -0.2) is 4.98 Å². The van der Waals surface area contributed by atoms with Crippen LogP contribution in [0.5, 0.6) is 5.75 Å². The third kappa shape index (κ3) is 7.05. The maximum Gasteiger partial charge on any atom is 0.268 e. The van der Waals surface area contributed by atoms with Crippen molar-refractivity contribution in [3.63, 3.8) is 0 Å². The molecule has 0 radical (unpaired) electrons. The Morgan fingerprint density at radius 2 is 1.71 bits per heavy atom. The number of amides is 1. The molecule has 0 spiro atoms. The van der Waals surface area contributed by atoms with Crippen LogP contribution >= 0.6 is 0 Å². The normalized spacial score (nSPS) is 13.0. The van der Waals surface area contributed by atoms with Crippen molar-refractivity contribution in [1.82, 2.24) is 9.55 Å². The first-order chi connectivity index (χ1) is 16.0. The number of ether oxygens (including phenoxy) is 1. The second-order valence-corrected chi connectivity index (χ2v) is 15.0. The lowest BCUT2D eigenvalue weighted by molar-refractivity contribution is 0.0995. The SMILES string of the molecule is CC(C)(C)[Si](C)(C)OC(CCCOc1ccc(-c2ccccc2)cc1)Cn1cnc(C(N)=O)c1. The van der Waals surface area contributed by atoms with E-state index in [4.69, 9.17) is 14.9 Å². The molecule has 0 bridgehead atoms. The average molecular weight is 480 g/mol. The molecule has 1 amide bonds. The minimum Gasteiger partial charge on any atom is -0.494 e. The molecule has 7 heteroatoms. The van der Waals surface area contributed by atoms with Gasteiger partial charge in [-0.3, -0.25) is 4.79 Å². The number of benzene rings is 2. The predicted octanol–water partition coefficient (Wildman–Crippen LogP) is 5.90. The van der Waals surface area contributed by atoms with Gasteiger partial charge in [-0.15, -0.1) is 0 Å². The van der Waals surface area contributed by atoms with E-state index in [2.05, 4.69) is 63.1 Å². The van der Waals surface area contributed by atoms with Crippen LogP contribution < -0.4 is 10.5 Å². The summed E-state index contributed by atoms with van der Waals surface area (Å²) >= 11 is 0. The quantitative estimate of drug-likeness (QED) is 0.274. The lowest BCUT2D eigenvalue weighted by Gasteiger charge is -2.39. The van der Waals surface area contributed by atoms with Gasteiger partial charge in [0.2, 0.25) is 0 Å². The Hall–Kier alpha value is -2.90. The van der Waals surface area contributed by atoms with E-state index in [1.54, 1.807) is 12.5 Å². The molecule has 2 N–H and O–H groups in total. The van der Waals surface area contributed by atoms with Crippen LogP contribution in [0, 0.1) is 0 Å². The number of carbonyl (C=O) groups is 1. The fraction of sp³-hybridized carbons (Fsp3) is 0.407. The van der Waals surface area contributed by atoms with E-state index in [-0.39, 0.29) is 16.8 Å². The van der Waals surface area contributed by atoms with Gasteiger partial charge in [-0.2, -0.15) is 0 Å². The highest BCUT2D eigenvalue weighted by atomic mass is 28.4. The number of aromatic nitrogens is 2. The fourth-order valence-corrected chi connectivity index (χ4v) is 4.86. The van der Waals surface area contributed by atoms with Gasteiger partial charge in [0.1, 0.15) is 11.4 Å². The monoisotopic (exact) mass is 479 g/mol. The number of imidazole rings is 1. The second-order valence-electron chi connectivity index (χ2n) is 10.2. The number of nitrogens with zero attached hydrogens (tertiary/aromatic N) is 2. The molecule has 0 saturated carbocycles. The molecule has 1 unspecified atom stereocenters. The first-order valence-corrected chi connectivity index (χ1v) is 14.7. The molecule has 182 valence electrons. The van der Waals surface area contributed by atoms with Crippen LogP contribution in [0.2, 0.25) is 18.1 Å². The summed E-state index contributed by atoms with van der Waals surface area (Å²) in [5.74, 6) is 0.342. The summed E-state index contributed by atoms with van der Waals surface area (Å²) in [4.78, 5) is 15.5. The number of hydrogen-bond acceptors (Lipinski definition) is 4. The Morgan fingerprint density at radius 1 is 1.06 bits per heavy atom. The summed E-state index contributed by atoms with van der Waals surface area (Å²) < 4.78 is 14.6. The van der Waals surface area contributed by atoms with Gasteiger partial charge in [-0.1, -0.05) is 63.2 Å². The zero-order valence-electron chi connectivity index (χ0n) is 21.0. The van der Waals surface area contributed by atoms with E-state index < -0.39 is 14.2 Å². The minimum absolute atomic E-state index is 0.000116. The highest BCUT2D eigenvalue weighted by Gasteiger charge is 2.39. The third-order valence-electron chi connectivity index (χ3n) is 6.47. The number of carbonyl (C=O) groups excluding carboxylic acids is 1. The van der Waals surface area contributed by atoms with Crippen molar-refractivity contribution in [1.29, 1.82) is 0 Å². The molecular formula is C27H37N3O3Si. The van der Waals surface area contributed by atoms with Crippen LogP contribution in [0.25, 0.3) is 11.1 Å². The van der Waals surface area contributed by atoms with Crippen molar-refractivity contribution in [2.45, 2.75) is 64.4 Å². The highest BCUT2D eigenvalue weighted by Crippen LogP contribution is 2.38. The zero-order valence-corrected chi connectivity index (χ0v) is 22.0. The Morgan fingerprint density at radius 3 is 2.29 bits per heavy atom. The molecule has 1 aromatic heterocycles. The molecule has 6 nitrogen and oxygen atoms in total. The zero-order chi connectivity index (χ0) is 24.8. The molecule has 1 heterocycles. The Kier molecular flexibility index (Phi) is 8.33. The molecule has 3 rings (SSSR count). The van der Waals surface area contributed by atoms with Gasteiger partial charge >= 0.3 is 0 Å². The largest absolute Gasteiger partial charge is 0.494 e. The maximum atomic E-state index is 11.4. The lowest BCUT2D eigenvalue weighted by atomic mass is 10.1. The Balaban J connectivity index is 1.57. The van der Waals surface area contributed by atoms with Crippen molar-refractivity contribution in [3.8, 4) is 16.9 Å². The molecule has 3 aromatic rings. The van der Waals surface area contributed by atoms with E-state index in [0.717, 1.165) is 18.6 Å². The number of primary amides is 1. The van der Waals surface area contributed by atoms with Gasteiger partial charge in [0, 0.05) is 12.7 Å². The van der Waals surface area contributed by atoms with Crippen molar-refractivity contribution in [2.75, 3.05) is 6.61 Å². The third-order valence-corrected chi connectivity index (χ3v) is 11.0. The molecule has 2 aromatic carbocycles. The van der Waals surface area contributed by atoms with Gasteiger partial charge in [0.05, 0.1) is 19.0 Å². The van der Waals surface area contributed by atoms with Crippen LogP contribution in [0.15, 0.2) is 67.1 Å². The molecule has 0 aliphatic carbocycles. The molecule has 34 heavy (non-hydrogen) atoms. The molecule has 1 atom stereocenters. The van der Waals surface area contributed by atoms with Crippen LogP contribution in [0.1, 0.15) is 44.1 Å². The molecule has 0 saturated heterocycles.